The van der Waals surface area contributed by atoms with Crippen molar-refractivity contribution in [3.05, 3.63) is 58.6 Å². The lowest BCUT2D eigenvalue weighted by Crippen LogP contribution is -2.42. The van der Waals surface area contributed by atoms with Crippen molar-refractivity contribution in [3.63, 3.8) is 0 Å². The highest BCUT2D eigenvalue weighted by atomic mass is 32.1. The molecule has 1 fully saturated rings. The summed E-state index contributed by atoms with van der Waals surface area (Å²) in [7, 11) is 3.58. The first-order valence-corrected chi connectivity index (χ1v) is 11.7. The average Bonchev–Trinajstić information content (AvgIpc) is 2.93. The number of urea groups is 1. The molecule has 1 N–H and O–H groups in total. The molecule has 1 aliphatic heterocycles. The molecular weight excluding hydrogens is 408 g/mol. The molecule has 2 amide bonds. The van der Waals surface area contributed by atoms with Gasteiger partial charge < -0.3 is 15.0 Å². The third kappa shape index (κ3) is 5.54. The second-order valence-corrected chi connectivity index (χ2v) is 9.05. The van der Waals surface area contributed by atoms with Gasteiger partial charge >= 0.3 is 6.03 Å². The molecule has 1 aliphatic carbocycles. The van der Waals surface area contributed by atoms with Crippen molar-refractivity contribution in [2.75, 3.05) is 27.2 Å². The lowest BCUT2D eigenvalue weighted by Gasteiger charge is -2.27. The van der Waals surface area contributed by atoms with Gasteiger partial charge in [-0.3, -0.25) is 4.90 Å². The summed E-state index contributed by atoms with van der Waals surface area (Å²) in [4.78, 5) is 22.0. The minimum absolute atomic E-state index is 0. The number of hydrogen-bond donors (Lipinski definition) is 1. The van der Waals surface area contributed by atoms with Crippen LogP contribution in [-0.2, 0) is 13.0 Å². The number of nitrogens with zero attached hydrogens (tertiary/aromatic N) is 3. The Bertz CT molecular complexity index is 957. The van der Waals surface area contributed by atoms with Gasteiger partial charge in [-0.2, -0.15) is 0 Å². The molecule has 2 heterocycles. The second-order valence-electron chi connectivity index (χ2n) is 8.06. The zero-order valence-electron chi connectivity index (χ0n) is 18.2. The van der Waals surface area contributed by atoms with Crippen LogP contribution >= 0.6 is 11.3 Å². The third-order valence-electron chi connectivity index (χ3n) is 5.92. The quantitative estimate of drug-likeness (QED) is 0.716. The van der Waals surface area contributed by atoms with Crippen LogP contribution in [0.1, 0.15) is 36.8 Å². The molecule has 0 bridgehead atoms. The fraction of sp³-hybridized carbons (Fsp3) is 0.417. The highest BCUT2D eigenvalue weighted by molar-refractivity contribution is 7.14. The first-order valence-electron chi connectivity index (χ1n) is 10.9. The van der Waals surface area contributed by atoms with E-state index in [9.17, 15) is 4.79 Å². The Kier molecular flexibility index (Phi) is 7.04. The van der Waals surface area contributed by atoms with Crippen LogP contribution in [0.25, 0.3) is 6.08 Å². The third-order valence-corrected chi connectivity index (χ3v) is 6.86. The molecular formula is C24H32N4O2S. The summed E-state index contributed by atoms with van der Waals surface area (Å²) in [5.41, 5.74) is 2.34. The molecule has 1 aromatic carbocycles. The predicted octanol–water partition coefficient (Wildman–Crippen LogP) is 4.93. The molecule has 4 rings (SSSR count). The van der Waals surface area contributed by atoms with Crippen LogP contribution in [0, 0.1) is 0 Å². The Morgan fingerprint density at radius 3 is 2.94 bits per heavy atom. The van der Waals surface area contributed by atoms with E-state index < -0.39 is 0 Å². The predicted molar refractivity (Wildman–Crippen MR) is 128 cm³/mol. The van der Waals surface area contributed by atoms with Gasteiger partial charge in [0.25, 0.3) is 5.19 Å². The summed E-state index contributed by atoms with van der Waals surface area (Å²) in [6, 6.07) is 8.62. The highest BCUT2D eigenvalue weighted by Gasteiger charge is 2.23. The Balaban J connectivity index is 0.00000289. The van der Waals surface area contributed by atoms with E-state index in [1.54, 1.807) is 18.4 Å². The largest absolute Gasteiger partial charge is 0.431 e. The molecule has 0 radical (unpaired) electrons. The zero-order valence-corrected chi connectivity index (χ0v) is 19.0. The monoisotopic (exact) mass is 440 g/mol. The van der Waals surface area contributed by atoms with E-state index in [-0.39, 0.29) is 7.46 Å². The van der Waals surface area contributed by atoms with Gasteiger partial charge in [-0.25, -0.2) is 9.78 Å². The van der Waals surface area contributed by atoms with E-state index in [1.165, 1.54) is 5.56 Å². The van der Waals surface area contributed by atoms with Crippen LogP contribution in [0.15, 0.2) is 42.5 Å². The van der Waals surface area contributed by atoms with E-state index in [4.69, 9.17) is 4.74 Å². The average molecular weight is 441 g/mol. The number of rotatable bonds is 5. The van der Waals surface area contributed by atoms with Gasteiger partial charge in [-0.05, 0) is 49.6 Å². The van der Waals surface area contributed by atoms with Crippen LogP contribution in [0.2, 0.25) is 0 Å². The molecule has 2 aromatic rings. The normalized spacial score (nSPS) is 18.7. The molecule has 1 saturated heterocycles. The van der Waals surface area contributed by atoms with Crippen molar-refractivity contribution in [1.29, 1.82) is 0 Å². The number of nitrogens with one attached hydrogen (secondary N) is 1. The molecule has 1 unspecified atom stereocenters. The minimum atomic E-state index is -0.00170. The van der Waals surface area contributed by atoms with Gasteiger partial charge in [0.05, 0.1) is 10.6 Å². The summed E-state index contributed by atoms with van der Waals surface area (Å²) in [5.74, 6) is 0.815. The number of carbonyl (C=O) groups is 1. The number of amides is 2. The first-order chi connectivity index (χ1) is 15.1. The van der Waals surface area contributed by atoms with Crippen molar-refractivity contribution < 1.29 is 11.0 Å². The van der Waals surface area contributed by atoms with E-state index in [1.807, 2.05) is 30.2 Å². The molecule has 1 aromatic heterocycles. The number of ether oxygens (including phenoxy) is 1. The molecule has 0 saturated carbocycles. The Labute approximate surface area is 189 Å². The summed E-state index contributed by atoms with van der Waals surface area (Å²) in [6.07, 6.45) is 12.3. The zero-order chi connectivity index (χ0) is 21.6. The molecule has 6 nitrogen and oxygen atoms in total. The van der Waals surface area contributed by atoms with Gasteiger partial charge in [0.2, 0.25) is 0 Å². The Hall–Kier alpha value is -2.64. The summed E-state index contributed by atoms with van der Waals surface area (Å²) >= 11 is 1.58. The number of aromatic nitrogens is 1. The lowest BCUT2D eigenvalue weighted by molar-refractivity contribution is 0.185. The van der Waals surface area contributed by atoms with Crippen molar-refractivity contribution in [2.45, 2.75) is 38.3 Å². The van der Waals surface area contributed by atoms with Gasteiger partial charge in [-0.1, -0.05) is 41.7 Å². The standard InChI is InChI=1S/C24H30N4O2S.H2/c1-25-23(29)27(2)19-7-6-15-28(16-14-19)17-18-10-12-20(13-11-18)30-24-26-21-8-4-3-5-9-22(21)31-24;/h3-5,9-13,19H,6-8,14-17H2,1-2H3,(H,25,29);1H. The van der Waals surface area contributed by atoms with Crippen LogP contribution in [-0.4, -0.2) is 54.0 Å². The van der Waals surface area contributed by atoms with Crippen molar-refractivity contribution in [2.24, 2.45) is 0 Å². The summed E-state index contributed by atoms with van der Waals surface area (Å²) in [6.45, 7) is 2.97. The van der Waals surface area contributed by atoms with Crippen molar-refractivity contribution >= 4 is 23.4 Å². The SMILES string of the molecule is CNC(=O)N(C)C1CCCN(Cc2ccc(Oc3nc4c(s3)C=CC=CC4)cc2)CC1.[HH]. The van der Waals surface area contributed by atoms with E-state index in [0.29, 0.717) is 11.2 Å². The molecule has 2 aliphatic rings. The maximum Gasteiger partial charge on any atom is 0.317 e. The van der Waals surface area contributed by atoms with E-state index >= 15 is 0 Å². The van der Waals surface area contributed by atoms with Crippen LogP contribution in [0.3, 0.4) is 0 Å². The van der Waals surface area contributed by atoms with E-state index in [2.05, 4.69) is 45.6 Å². The summed E-state index contributed by atoms with van der Waals surface area (Å²) in [5, 5.41) is 3.42. The maximum absolute atomic E-state index is 11.9. The van der Waals surface area contributed by atoms with Crippen molar-refractivity contribution in [3.8, 4) is 10.9 Å². The second kappa shape index (κ2) is 10.1. The molecule has 7 heteroatoms. The van der Waals surface area contributed by atoms with Crippen molar-refractivity contribution in [1.82, 2.24) is 20.1 Å². The number of carbonyl (C=O) groups excluding carboxylic acids is 1. The van der Waals surface area contributed by atoms with Gasteiger partial charge in [-0.15, -0.1) is 0 Å². The summed E-state index contributed by atoms with van der Waals surface area (Å²) < 4.78 is 6.00. The van der Waals surface area contributed by atoms with Crippen LogP contribution in [0.4, 0.5) is 4.79 Å². The van der Waals surface area contributed by atoms with Crippen LogP contribution in [0.5, 0.6) is 10.9 Å². The number of thiazole rings is 1. The molecule has 1 atom stereocenters. The number of likely N-dealkylation sites (tertiary alicyclic amines) is 1. The topological polar surface area (TPSA) is 57.7 Å². The number of hydrogen-bond acceptors (Lipinski definition) is 5. The first kappa shape index (κ1) is 21.6. The number of benzene rings is 1. The smallest absolute Gasteiger partial charge is 0.317 e. The molecule has 0 spiro atoms. The van der Waals surface area contributed by atoms with Crippen LogP contribution < -0.4 is 10.1 Å². The molecule has 31 heavy (non-hydrogen) atoms. The maximum atomic E-state index is 11.9. The van der Waals surface area contributed by atoms with E-state index in [0.717, 1.165) is 61.6 Å². The Morgan fingerprint density at radius 2 is 2.13 bits per heavy atom. The van der Waals surface area contributed by atoms with Gasteiger partial charge in [0, 0.05) is 41.1 Å². The highest BCUT2D eigenvalue weighted by Crippen LogP contribution is 2.32. The van der Waals surface area contributed by atoms with Gasteiger partial charge in [0.15, 0.2) is 0 Å². The van der Waals surface area contributed by atoms with Gasteiger partial charge in [0.1, 0.15) is 5.75 Å². The fourth-order valence-electron chi connectivity index (χ4n) is 4.11. The number of fused-ring (bicyclic) bond motifs is 1. The molecule has 166 valence electrons. The lowest BCUT2D eigenvalue weighted by atomic mass is 10.1. The fourth-order valence-corrected chi connectivity index (χ4v) is 4.99. The minimum Gasteiger partial charge on any atom is -0.431 e. The number of allylic oxidation sites excluding steroid dienone is 3. The Morgan fingerprint density at radius 1 is 1.29 bits per heavy atom.